The van der Waals surface area contributed by atoms with E-state index in [-0.39, 0.29) is 37.9 Å². The van der Waals surface area contributed by atoms with E-state index in [1.165, 1.54) is 0 Å². The molecule has 3 rings (SSSR count). The van der Waals surface area contributed by atoms with Gasteiger partial charge in [0.2, 0.25) is 5.91 Å². The Kier molecular flexibility index (Phi) is 8.28. The molecule has 0 aromatic heterocycles. The molecule has 2 aromatic rings. The standard InChI is InChI=1S/C26H32N2O6/c1-3-26(4-2,24(32)27-14-13-22(29)23(30)31)16-28-25(33)34-15-21-19-11-7-5-9-17(19)18-10-6-8-12-20(18)21/h5-12,21-22,29H,3-4,13-16H2,1-2H3,(H,27,32)(H,28,33)(H,30,31). The molecule has 2 amide bonds. The van der Waals surface area contributed by atoms with Gasteiger partial charge in [-0.3, -0.25) is 4.79 Å². The minimum absolute atomic E-state index is 0.0268. The summed E-state index contributed by atoms with van der Waals surface area (Å²) in [6.07, 6.45) is -1.27. The molecule has 34 heavy (non-hydrogen) atoms. The SMILES string of the molecule is CCC(CC)(CNC(=O)OCC1c2ccccc2-c2ccccc21)C(=O)NCCC(O)C(=O)O. The summed E-state index contributed by atoms with van der Waals surface area (Å²) >= 11 is 0. The summed E-state index contributed by atoms with van der Waals surface area (Å²) in [5.41, 5.74) is 3.67. The molecule has 8 heteroatoms. The number of benzene rings is 2. The molecule has 182 valence electrons. The fourth-order valence-electron chi connectivity index (χ4n) is 4.43. The highest BCUT2D eigenvalue weighted by atomic mass is 16.5. The molecule has 0 heterocycles. The molecule has 8 nitrogen and oxygen atoms in total. The summed E-state index contributed by atoms with van der Waals surface area (Å²) in [5.74, 6) is -1.68. The monoisotopic (exact) mass is 468 g/mol. The third-order valence-electron chi connectivity index (χ3n) is 6.74. The second-order valence-corrected chi connectivity index (χ2v) is 8.57. The van der Waals surface area contributed by atoms with Crippen LogP contribution in [-0.4, -0.2) is 54.0 Å². The lowest BCUT2D eigenvalue weighted by Crippen LogP contribution is -2.48. The van der Waals surface area contributed by atoms with Gasteiger partial charge in [0, 0.05) is 25.4 Å². The van der Waals surface area contributed by atoms with E-state index in [0.717, 1.165) is 22.3 Å². The van der Waals surface area contributed by atoms with Gasteiger partial charge in [0.05, 0.1) is 5.41 Å². The van der Waals surface area contributed by atoms with E-state index in [9.17, 15) is 19.5 Å². The van der Waals surface area contributed by atoms with Gasteiger partial charge in [-0.15, -0.1) is 0 Å². The van der Waals surface area contributed by atoms with Gasteiger partial charge >= 0.3 is 12.1 Å². The minimum atomic E-state index is -1.53. The van der Waals surface area contributed by atoms with Crippen molar-refractivity contribution in [3.63, 3.8) is 0 Å². The van der Waals surface area contributed by atoms with Crippen LogP contribution in [0.3, 0.4) is 0 Å². The van der Waals surface area contributed by atoms with Crippen LogP contribution in [0.15, 0.2) is 48.5 Å². The third-order valence-corrected chi connectivity index (χ3v) is 6.74. The highest BCUT2D eigenvalue weighted by Gasteiger charge is 2.36. The van der Waals surface area contributed by atoms with Gasteiger partial charge in [0.15, 0.2) is 6.10 Å². The molecular formula is C26H32N2O6. The van der Waals surface area contributed by atoms with E-state index >= 15 is 0 Å². The first kappa shape index (κ1) is 25.2. The molecule has 0 saturated carbocycles. The average Bonchev–Trinajstić information content (AvgIpc) is 3.17. The quantitative estimate of drug-likeness (QED) is 0.401. The lowest BCUT2D eigenvalue weighted by atomic mass is 9.81. The largest absolute Gasteiger partial charge is 0.479 e. The first-order valence-electron chi connectivity index (χ1n) is 11.6. The smallest absolute Gasteiger partial charge is 0.407 e. The number of aliphatic hydroxyl groups is 1. The highest BCUT2D eigenvalue weighted by molar-refractivity contribution is 5.83. The summed E-state index contributed by atoms with van der Waals surface area (Å²) in [6, 6.07) is 16.2. The van der Waals surface area contributed by atoms with Crippen molar-refractivity contribution < 1.29 is 29.3 Å². The maximum absolute atomic E-state index is 12.8. The molecule has 1 aliphatic carbocycles. The Morgan fingerprint density at radius 1 is 0.971 bits per heavy atom. The average molecular weight is 469 g/mol. The van der Waals surface area contributed by atoms with E-state index in [0.29, 0.717) is 12.8 Å². The van der Waals surface area contributed by atoms with Crippen molar-refractivity contribution in [3.05, 3.63) is 59.7 Å². The second-order valence-electron chi connectivity index (χ2n) is 8.57. The van der Waals surface area contributed by atoms with Crippen molar-refractivity contribution in [2.75, 3.05) is 19.7 Å². The summed E-state index contributed by atoms with van der Waals surface area (Å²) in [6.45, 7) is 4.01. The fraction of sp³-hybridized carbons (Fsp3) is 0.423. The first-order valence-corrected chi connectivity index (χ1v) is 11.6. The van der Waals surface area contributed by atoms with Crippen LogP contribution in [0.4, 0.5) is 4.79 Å². The van der Waals surface area contributed by atoms with Crippen molar-refractivity contribution in [1.29, 1.82) is 0 Å². The topological polar surface area (TPSA) is 125 Å². The molecule has 0 spiro atoms. The molecule has 4 N–H and O–H groups in total. The molecule has 2 aromatic carbocycles. The zero-order valence-corrected chi connectivity index (χ0v) is 19.5. The van der Waals surface area contributed by atoms with Crippen LogP contribution in [0, 0.1) is 5.41 Å². The molecule has 0 radical (unpaired) electrons. The number of hydrogen-bond donors (Lipinski definition) is 4. The number of aliphatic carboxylic acids is 1. The van der Waals surface area contributed by atoms with Crippen LogP contribution in [-0.2, 0) is 14.3 Å². The Morgan fingerprint density at radius 3 is 2.06 bits per heavy atom. The third kappa shape index (κ3) is 5.39. The zero-order chi connectivity index (χ0) is 24.7. The summed E-state index contributed by atoms with van der Waals surface area (Å²) in [7, 11) is 0. The number of carboxylic acid groups (broad SMARTS) is 1. The van der Waals surface area contributed by atoms with Crippen molar-refractivity contribution >= 4 is 18.0 Å². The molecule has 1 aliphatic rings. The molecule has 1 unspecified atom stereocenters. The Hall–Kier alpha value is -3.39. The Labute approximate surface area is 199 Å². The van der Waals surface area contributed by atoms with E-state index in [4.69, 9.17) is 9.84 Å². The lowest BCUT2D eigenvalue weighted by molar-refractivity contribution is -0.147. The molecule has 1 atom stereocenters. The van der Waals surface area contributed by atoms with Crippen molar-refractivity contribution in [2.24, 2.45) is 5.41 Å². The number of carbonyl (C=O) groups excluding carboxylic acids is 2. The van der Waals surface area contributed by atoms with Gasteiger partial charge in [-0.1, -0.05) is 62.4 Å². The fourth-order valence-corrected chi connectivity index (χ4v) is 4.43. The molecule has 0 aliphatic heterocycles. The van der Waals surface area contributed by atoms with Gasteiger partial charge in [0.25, 0.3) is 0 Å². The maximum Gasteiger partial charge on any atom is 0.407 e. The molecule has 0 fully saturated rings. The van der Waals surface area contributed by atoms with Crippen LogP contribution in [0.1, 0.15) is 50.2 Å². The van der Waals surface area contributed by atoms with Crippen LogP contribution >= 0.6 is 0 Å². The Bertz CT molecular complexity index is 988. The summed E-state index contributed by atoms with van der Waals surface area (Å²) in [4.78, 5) is 36.1. The minimum Gasteiger partial charge on any atom is -0.479 e. The van der Waals surface area contributed by atoms with Crippen molar-refractivity contribution in [2.45, 2.75) is 45.1 Å². The summed E-state index contributed by atoms with van der Waals surface area (Å²) in [5, 5.41) is 23.5. The number of carbonyl (C=O) groups is 3. The predicted octanol–water partition coefficient (Wildman–Crippen LogP) is 3.28. The van der Waals surface area contributed by atoms with Gasteiger partial charge < -0.3 is 25.6 Å². The number of rotatable bonds is 11. The number of alkyl carbamates (subject to hydrolysis) is 1. The number of ether oxygens (including phenoxy) is 1. The van der Waals surface area contributed by atoms with E-state index in [1.54, 1.807) is 0 Å². The summed E-state index contributed by atoms with van der Waals surface area (Å²) < 4.78 is 5.56. The van der Waals surface area contributed by atoms with E-state index < -0.39 is 23.6 Å². The number of aliphatic hydroxyl groups excluding tert-OH is 1. The van der Waals surface area contributed by atoms with Gasteiger partial charge in [-0.25, -0.2) is 9.59 Å². The predicted molar refractivity (Wildman–Crippen MR) is 127 cm³/mol. The lowest BCUT2D eigenvalue weighted by Gasteiger charge is -2.30. The first-order chi connectivity index (χ1) is 16.3. The highest BCUT2D eigenvalue weighted by Crippen LogP contribution is 2.44. The Balaban J connectivity index is 1.57. The Morgan fingerprint density at radius 2 is 1.53 bits per heavy atom. The molecule has 0 bridgehead atoms. The number of hydrogen-bond acceptors (Lipinski definition) is 5. The number of nitrogens with one attached hydrogen (secondary N) is 2. The van der Waals surface area contributed by atoms with Crippen LogP contribution in [0.25, 0.3) is 11.1 Å². The second kappa shape index (κ2) is 11.2. The van der Waals surface area contributed by atoms with Crippen LogP contribution in [0.2, 0.25) is 0 Å². The normalized spacial score (nSPS) is 13.5. The van der Waals surface area contributed by atoms with Gasteiger partial charge in [-0.05, 0) is 35.1 Å². The number of fused-ring (bicyclic) bond motifs is 3. The van der Waals surface area contributed by atoms with Crippen molar-refractivity contribution in [1.82, 2.24) is 10.6 Å². The van der Waals surface area contributed by atoms with Gasteiger partial charge in [0.1, 0.15) is 6.61 Å². The maximum atomic E-state index is 12.8. The van der Waals surface area contributed by atoms with Crippen molar-refractivity contribution in [3.8, 4) is 11.1 Å². The van der Waals surface area contributed by atoms with Gasteiger partial charge in [-0.2, -0.15) is 0 Å². The van der Waals surface area contributed by atoms with E-state index in [2.05, 4.69) is 22.8 Å². The number of carboxylic acids is 1. The van der Waals surface area contributed by atoms with E-state index in [1.807, 2.05) is 50.2 Å². The number of amides is 2. The molecule has 0 saturated heterocycles. The molecular weight excluding hydrogens is 436 g/mol. The zero-order valence-electron chi connectivity index (χ0n) is 19.5. The van der Waals surface area contributed by atoms with Crippen LogP contribution in [0.5, 0.6) is 0 Å². The van der Waals surface area contributed by atoms with Crippen LogP contribution < -0.4 is 10.6 Å².